The van der Waals surface area contributed by atoms with Crippen LogP contribution in [0.3, 0.4) is 0 Å². The van der Waals surface area contributed by atoms with Crippen molar-refractivity contribution in [3.8, 4) is 0 Å². The van der Waals surface area contributed by atoms with Crippen LogP contribution in [0.15, 0.2) is 36.5 Å². The van der Waals surface area contributed by atoms with E-state index in [1.807, 2.05) is 18.3 Å². The van der Waals surface area contributed by atoms with Crippen molar-refractivity contribution in [1.82, 2.24) is 9.38 Å². The zero-order valence-corrected chi connectivity index (χ0v) is 8.86. The van der Waals surface area contributed by atoms with Gasteiger partial charge in [-0.1, -0.05) is 12.1 Å². The van der Waals surface area contributed by atoms with Crippen molar-refractivity contribution in [3.63, 3.8) is 0 Å². The first kappa shape index (κ1) is 8.48. The average Bonchev–Trinajstić information content (AvgIpc) is 2.55. The van der Waals surface area contributed by atoms with E-state index in [-0.39, 0.29) is 0 Å². The smallest absolute Gasteiger partial charge is 0.0870 e. The molecule has 0 unspecified atom stereocenters. The lowest BCUT2D eigenvalue weighted by Gasteiger charge is -2.03. The number of benzene rings is 1. The van der Waals surface area contributed by atoms with Gasteiger partial charge in [-0.3, -0.25) is 4.98 Å². The molecule has 3 aromatic rings. The van der Waals surface area contributed by atoms with Gasteiger partial charge in [-0.15, -0.1) is 0 Å². The summed E-state index contributed by atoms with van der Waals surface area (Å²) in [5, 5.41) is 0. The summed E-state index contributed by atoms with van der Waals surface area (Å²) in [6, 6.07) is 10.4. The molecule has 2 heterocycles. The van der Waals surface area contributed by atoms with Gasteiger partial charge in [0, 0.05) is 5.69 Å². The van der Waals surface area contributed by atoms with Gasteiger partial charge in [0.1, 0.15) is 0 Å². The Morgan fingerprint density at radius 3 is 2.80 bits per heavy atom. The van der Waals surface area contributed by atoms with Gasteiger partial charge in [-0.2, -0.15) is 0 Å². The lowest BCUT2D eigenvalue weighted by Crippen LogP contribution is -1.92. The third kappa shape index (κ3) is 1.08. The highest BCUT2D eigenvalue weighted by Crippen LogP contribution is 2.20. The highest BCUT2D eigenvalue weighted by molar-refractivity contribution is 5.79. The van der Waals surface area contributed by atoms with E-state index in [0.717, 1.165) is 5.52 Å². The predicted octanol–water partition coefficient (Wildman–Crippen LogP) is 3.10. The molecule has 3 rings (SSSR count). The maximum atomic E-state index is 4.44. The Balaban J connectivity index is 2.63. The van der Waals surface area contributed by atoms with Crippen LogP contribution in [0.25, 0.3) is 16.6 Å². The Morgan fingerprint density at radius 1 is 1.13 bits per heavy atom. The van der Waals surface area contributed by atoms with Crippen LogP contribution < -0.4 is 0 Å². The maximum Gasteiger partial charge on any atom is 0.0870 e. The summed E-state index contributed by atoms with van der Waals surface area (Å²) in [6.07, 6.45) is 1.93. The Hall–Kier alpha value is -1.83. The number of aryl methyl sites for hydroxylation is 2. The molecule has 2 heteroatoms. The van der Waals surface area contributed by atoms with Crippen molar-refractivity contribution in [1.29, 1.82) is 0 Å². The quantitative estimate of drug-likeness (QED) is 0.540. The Morgan fingerprint density at radius 2 is 1.93 bits per heavy atom. The molecule has 0 aliphatic carbocycles. The van der Waals surface area contributed by atoms with Gasteiger partial charge in [0.25, 0.3) is 0 Å². The molecule has 0 fully saturated rings. The number of aromatic nitrogens is 2. The molecule has 1 aromatic carbocycles. The fourth-order valence-corrected chi connectivity index (χ4v) is 2.07. The van der Waals surface area contributed by atoms with E-state index in [0.29, 0.717) is 0 Å². The number of fused-ring (bicyclic) bond motifs is 3. The molecule has 0 saturated heterocycles. The van der Waals surface area contributed by atoms with Gasteiger partial charge in [-0.05, 0) is 37.6 Å². The van der Waals surface area contributed by atoms with Gasteiger partial charge in [0.2, 0.25) is 0 Å². The van der Waals surface area contributed by atoms with Crippen molar-refractivity contribution >= 4 is 16.6 Å². The fourth-order valence-electron chi connectivity index (χ4n) is 2.07. The van der Waals surface area contributed by atoms with E-state index in [2.05, 4.69) is 41.4 Å². The predicted molar refractivity (Wildman–Crippen MR) is 62.2 cm³/mol. The van der Waals surface area contributed by atoms with Crippen LogP contribution in [0.4, 0.5) is 0 Å². The van der Waals surface area contributed by atoms with Crippen LogP contribution in [-0.4, -0.2) is 9.38 Å². The second-order valence-corrected chi connectivity index (χ2v) is 3.92. The van der Waals surface area contributed by atoms with E-state index in [1.54, 1.807) is 0 Å². The van der Waals surface area contributed by atoms with E-state index in [4.69, 9.17) is 0 Å². The monoisotopic (exact) mass is 196 g/mol. The van der Waals surface area contributed by atoms with Crippen LogP contribution in [-0.2, 0) is 0 Å². The molecule has 0 atom stereocenters. The molecule has 0 saturated carbocycles. The summed E-state index contributed by atoms with van der Waals surface area (Å²) in [6.45, 7) is 4.28. The summed E-state index contributed by atoms with van der Waals surface area (Å²) >= 11 is 0. The first-order valence-corrected chi connectivity index (χ1v) is 5.10. The number of nitrogens with zero attached hydrogens (tertiary/aromatic N) is 2. The third-order valence-electron chi connectivity index (χ3n) is 2.99. The van der Waals surface area contributed by atoms with Crippen molar-refractivity contribution < 1.29 is 0 Å². The Labute approximate surface area is 88.2 Å². The molecule has 0 spiro atoms. The van der Waals surface area contributed by atoms with E-state index in [1.165, 1.54) is 22.3 Å². The van der Waals surface area contributed by atoms with Gasteiger partial charge < -0.3 is 4.40 Å². The number of hydrogen-bond acceptors (Lipinski definition) is 1. The summed E-state index contributed by atoms with van der Waals surface area (Å²) in [4.78, 5) is 4.44. The highest BCUT2D eigenvalue weighted by atomic mass is 14.9. The maximum absolute atomic E-state index is 4.44. The van der Waals surface area contributed by atoms with Gasteiger partial charge >= 0.3 is 0 Å². The van der Waals surface area contributed by atoms with Crippen molar-refractivity contribution in [3.05, 3.63) is 47.8 Å². The second-order valence-electron chi connectivity index (χ2n) is 3.92. The summed E-state index contributed by atoms with van der Waals surface area (Å²) < 4.78 is 2.26. The van der Waals surface area contributed by atoms with Crippen molar-refractivity contribution in [2.75, 3.05) is 0 Å². The molecule has 2 aromatic heterocycles. The van der Waals surface area contributed by atoms with E-state index >= 15 is 0 Å². The first-order chi connectivity index (χ1) is 7.27. The molecule has 0 bridgehead atoms. The number of hydrogen-bond donors (Lipinski definition) is 0. The molecule has 2 nitrogen and oxygen atoms in total. The van der Waals surface area contributed by atoms with Crippen LogP contribution in [0.1, 0.15) is 11.3 Å². The molecule has 0 N–H and O–H groups in total. The molecule has 0 radical (unpaired) electrons. The minimum absolute atomic E-state index is 1.05. The zero-order valence-electron chi connectivity index (χ0n) is 8.86. The molecule has 74 valence electrons. The van der Waals surface area contributed by atoms with Crippen LogP contribution in [0.5, 0.6) is 0 Å². The topological polar surface area (TPSA) is 17.3 Å². The van der Waals surface area contributed by atoms with Crippen LogP contribution in [0.2, 0.25) is 0 Å². The average molecular weight is 196 g/mol. The molecule has 0 amide bonds. The van der Waals surface area contributed by atoms with E-state index in [9.17, 15) is 0 Å². The lowest BCUT2D eigenvalue weighted by atomic mass is 10.3. The summed E-state index contributed by atoms with van der Waals surface area (Å²) in [5.74, 6) is 0. The van der Waals surface area contributed by atoms with Gasteiger partial charge in [0.15, 0.2) is 0 Å². The fraction of sp³-hybridized carbons (Fsp3) is 0.154. The Kier molecular flexibility index (Phi) is 1.60. The summed E-state index contributed by atoms with van der Waals surface area (Å²) in [7, 11) is 0. The minimum atomic E-state index is 1.05. The molecule has 0 aliphatic heterocycles. The lowest BCUT2D eigenvalue weighted by molar-refractivity contribution is 1.13. The first-order valence-electron chi connectivity index (χ1n) is 5.10. The minimum Gasteiger partial charge on any atom is -0.311 e. The molecule has 0 aliphatic rings. The normalized spacial score (nSPS) is 11.3. The summed E-state index contributed by atoms with van der Waals surface area (Å²) in [5.41, 5.74) is 6.00. The SMILES string of the molecule is Cc1cc2cnc3ccccc3n2c1C. The zero-order chi connectivity index (χ0) is 10.4. The highest BCUT2D eigenvalue weighted by Gasteiger charge is 2.05. The van der Waals surface area contributed by atoms with Crippen molar-refractivity contribution in [2.45, 2.75) is 13.8 Å². The van der Waals surface area contributed by atoms with Crippen LogP contribution in [0, 0.1) is 13.8 Å². The van der Waals surface area contributed by atoms with E-state index < -0.39 is 0 Å². The number of para-hydroxylation sites is 2. The van der Waals surface area contributed by atoms with Crippen molar-refractivity contribution in [2.24, 2.45) is 0 Å². The van der Waals surface area contributed by atoms with Gasteiger partial charge in [0.05, 0.1) is 22.7 Å². The number of rotatable bonds is 0. The van der Waals surface area contributed by atoms with Crippen LogP contribution >= 0.6 is 0 Å². The Bertz CT molecular complexity index is 650. The third-order valence-corrected chi connectivity index (χ3v) is 2.99. The second kappa shape index (κ2) is 2.83. The molecule has 15 heavy (non-hydrogen) atoms. The van der Waals surface area contributed by atoms with Gasteiger partial charge in [-0.25, -0.2) is 0 Å². The largest absolute Gasteiger partial charge is 0.311 e. The standard InChI is InChI=1S/C13H12N2/c1-9-7-11-8-14-12-5-3-4-6-13(12)15(11)10(9)2/h3-8H,1-2H3. The molecular formula is C13H12N2. The molecular weight excluding hydrogens is 184 g/mol.